The molecule has 1 aliphatic rings. The Morgan fingerprint density at radius 3 is 2.12 bits per heavy atom. The van der Waals surface area contributed by atoms with Crippen LogP contribution in [-0.2, 0) is 6.42 Å². The summed E-state index contributed by atoms with van der Waals surface area (Å²) in [4.78, 5) is 17.3. The Kier molecular flexibility index (Phi) is 6.91. The van der Waals surface area contributed by atoms with Gasteiger partial charge < -0.3 is 24.3 Å². The van der Waals surface area contributed by atoms with Crippen LogP contribution in [0.15, 0.2) is 42.7 Å². The molecule has 3 aromatic rings. The second kappa shape index (κ2) is 10.0. The number of methoxy groups -OCH3 is 4. The van der Waals surface area contributed by atoms with Crippen LogP contribution in [0.4, 0.5) is 0 Å². The van der Waals surface area contributed by atoms with E-state index in [0.29, 0.717) is 35.0 Å². The van der Waals surface area contributed by atoms with Crippen LogP contribution in [0.25, 0.3) is 11.1 Å². The third kappa shape index (κ3) is 4.51. The molecule has 34 heavy (non-hydrogen) atoms. The number of carbonyl (C=O) groups is 1. The molecule has 1 fully saturated rings. The Balaban J connectivity index is 1.81. The van der Waals surface area contributed by atoms with Crippen molar-refractivity contribution in [2.75, 3.05) is 28.4 Å². The number of nitrogens with zero attached hydrogens (tertiary/aromatic N) is 1. The van der Waals surface area contributed by atoms with Crippen molar-refractivity contribution in [1.82, 2.24) is 10.3 Å². The highest BCUT2D eigenvalue weighted by Crippen LogP contribution is 2.49. The summed E-state index contributed by atoms with van der Waals surface area (Å²) in [5.74, 6) is 2.07. The summed E-state index contributed by atoms with van der Waals surface area (Å²) in [6.45, 7) is 1.96. The van der Waals surface area contributed by atoms with E-state index in [1.807, 2.05) is 37.3 Å². The van der Waals surface area contributed by atoms with Crippen LogP contribution in [0.2, 0.25) is 0 Å². The van der Waals surface area contributed by atoms with Crippen molar-refractivity contribution in [1.29, 1.82) is 0 Å². The van der Waals surface area contributed by atoms with Gasteiger partial charge in [-0.15, -0.1) is 0 Å². The average molecular weight is 463 g/mol. The lowest BCUT2D eigenvalue weighted by molar-refractivity contribution is 0.0951. The monoisotopic (exact) mass is 462 g/mol. The topological polar surface area (TPSA) is 78.9 Å². The lowest BCUT2D eigenvalue weighted by Gasteiger charge is -2.22. The molecule has 1 heterocycles. The molecule has 0 aliphatic heterocycles. The molecule has 178 valence electrons. The Morgan fingerprint density at radius 2 is 1.53 bits per heavy atom. The zero-order valence-electron chi connectivity index (χ0n) is 20.2. The molecule has 0 atom stereocenters. The predicted molar refractivity (Wildman–Crippen MR) is 130 cm³/mol. The number of rotatable bonds is 9. The SMILES string of the molecule is COc1c(C)c(Cc2ccc(-c3ccncc3)c(C(=O)NC3CC3)c2)c(OC)c(OC)c1OC. The molecule has 0 unspecified atom stereocenters. The van der Waals surface area contributed by atoms with Crippen molar-refractivity contribution in [3.8, 4) is 34.1 Å². The first kappa shape index (κ1) is 23.4. The van der Waals surface area contributed by atoms with Crippen LogP contribution in [-0.4, -0.2) is 45.4 Å². The van der Waals surface area contributed by atoms with Gasteiger partial charge in [0, 0.05) is 41.5 Å². The van der Waals surface area contributed by atoms with Crippen molar-refractivity contribution in [2.45, 2.75) is 32.2 Å². The molecule has 4 rings (SSSR count). The summed E-state index contributed by atoms with van der Waals surface area (Å²) in [6, 6.07) is 10.1. The summed E-state index contributed by atoms with van der Waals surface area (Å²) in [7, 11) is 6.35. The Bertz CT molecular complexity index is 1190. The standard InChI is InChI=1S/C27H30N2O5/c1-16-21(24(32-3)26(34-5)25(33-4)23(16)31-2)14-17-6-9-20(18-10-12-28-13-11-18)22(15-17)27(30)29-19-7-8-19/h6,9-13,15,19H,7-8,14H2,1-5H3,(H,29,30). The van der Waals surface area contributed by atoms with Gasteiger partial charge in [0.15, 0.2) is 11.5 Å². The lowest BCUT2D eigenvalue weighted by atomic mass is 9.93. The lowest BCUT2D eigenvalue weighted by Crippen LogP contribution is -2.26. The van der Waals surface area contributed by atoms with Gasteiger partial charge in [0.1, 0.15) is 0 Å². The predicted octanol–water partition coefficient (Wildman–Crippen LogP) is 4.57. The summed E-state index contributed by atoms with van der Waals surface area (Å²) in [5, 5.41) is 3.12. The smallest absolute Gasteiger partial charge is 0.252 e. The van der Waals surface area contributed by atoms with E-state index in [1.165, 1.54) is 0 Å². The second-order valence-electron chi connectivity index (χ2n) is 8.28. The van der Waals surface area contributed by atoms with E-state index in [2.05, 4.69) is 10.3 Å². The van der Waals surface area contributed by atoms with E-state index in [4.69, 9.17) is 18.9 Å². The van der Waals surface area contributed by atoms with Gasteiger partial charge in [-0.05, 0) is 54.7 Å². The fraction of sp³-hybridized carbons (Fsp3) is 0.333. The van der Waals surface area contributed by atoms with E-state index in [-0.39, 0.29) is 11.9 Å². The minimum atomic E-state index is -0.0651. The van der Waals surface area contributed by atoms with Crippen LogP contribution in [0, 0.1) is 6.92 Å². The number of hydrogen-bond acceptors (Lipinski definition) is 6. The molecule has 2 aromatic carbocycles. The summed E-state index contributed by atoms with van der Waals surface area (Å²) in [5.41, 5.74) is 5.22. The maximum absolute atomic E-state index is 13.2. The highest BCUT2D eigenvalue weighted by atomic mass is 16.5. The number of ether oxygens (including phenoxy) is 4. The van der Waals surface area contributed by atoms with Gasteiger partial charge in [-0.3, -0.25) is 9.78 Å². The van der Waals surface area contributed by atoms with Gasteiger partial charge in [0.05, 0.1) is 28.4 Å². The number of nitrogens with one attached hydrogen (secondary N) is 1. The maximum atomic E-state index is 13.2. The number of amides is 1. The molecule has 7 heteroatoms. The van der Waals surface area contributed by atoms with E-state index in [1.54, 1.807) is 40.8 Å². The zero-order chi connectivity index (χ0) is 24.2. The van der Waals surface area contributed by atoms with Crippen molar-refractivity contribution in [2.24, 2.45) is 0 Å². The number of hydrogen-bond donors (Lipinski definition) is 1. The van der Waals surface area contributed by atoms with E-state index >= 15 is 0 Å². The van der Waals surface area contributed by atoms with E-state index in [9.17, 15) is 4.79 Å². The minimum Gasteiger partial charge on any atom is -0.492 e. The van der Waals surface area contributed by atoms with Crippen LogP contribution in [0.5, 0.6) is 23.0 Å². The number of carbonyl (C=O) groups excluding carboxylic acids is 1. The number of aromatic nitrogens is 1. The molecule has 0 radical (unpaired) electrons. The van der Waals surface area contributed by atoms with Crippen molar-refractivity contribution in [3.63, 3.8) is 0 Å². The Hall–Kier alpha value is -3.74. The van der Waals surface area contributed by atoms with Crippen molar-refractivity contribution >= 4 is 5.91 Å². The summed E-state index contributed by atoms with van der Waals surface area (Å²) >= 11 is 0. The molecule has 1 aromatic heterocycles. The van der Waals surface area contributed by atoms with E-state index in [0.717, 1.165) is 40.7 Å². The van der Waals surface area contributed by atoms with Crippen LogP contribution in [0.3, 0.4) is 0 Å². The van der Waals surface area contributed by atoms with Crippen LogP contribution in [0.1, 0.15) is 39.9 Å². The van der Waals surface area contributed by atoms with Gasteiger partial charge in [-0.1, -0.05) is 12.1 Å². The molecule has 7 nitrogen and oxygen atoms in total. The van der Waals surface area contributed by atoms with Gasteiger partial charge in [0.2, 0.25) is 11.5 Å². The van der Waals surface area contributed by atoms with Gasteiger partial charge in [-0.2, -0.15) is 0 Å². The molecule has 1 aliphatic carbocycles. The first-order chi connectivity index (χ1) is 16.5. The first-order valence-corrected chi connectivity index (χ1v) is 11.2. The van der Waals surface area contributed by atoms with Gasteiger partial charge in [-0.25, -0.2) is 0 Å². The molecule has 0 bridgehead atoms. The van der Waals surface area contributed by atoms with Crippen LogP contribution >= 0.6 is 0 Å². The van der Waals surface area contributed by atoms with E-state index < -0.39 is 0 Å². The highest BCUT2D eigenvalue weighted by Gasteiger charge is 2.27. The van der Waals surface area contributed by atoms with Gasteiger partial charge >= 0.3 is 0 Å². The molecular formula is C27H30N2O5. The van der Waals surface area contributed by atoms with Crippen molar-refractivity contribution in [3.05, 3.63) is 65.0 Å². The average Bonchev–Trinajstić information content (AvgIpc) is 3.69. The third-order valence-corrected chi connectivity index (χ3v) is 6.12. The summed E-state index contributed by atoms with van der Waals surface area (Å²) < 4.78 is 22.6. The molecule has 1 saturated carbocycles. The first-order valence-electron chi connectivity index (χ1n) is 11.2. The molecule has 1 N–H and O–H groups in total. The number of pyridine rings is 1. The molecule has 0 spiro atoms. The fourth-order valence-corrected chi connectivity index (χ4v) is 4.23. The van der Waals surface area contributed by atoms with Crippen LogP contribution < -0.4 is 24.3 Å². The Morgan fingerprint density at radius 1 is 0.912 bits per heavy atom. The minimum absolute atomic E-state index is 0.0651. The Labute approximate surface area is 200 Å². The second-order valence-corrected chi connectivity index (χ2v) is 8.28. The zero-order valence-corrected chi connectivity index (χ0v) is 20.2. The quantitative estimate of drug-likeness (QED) is 0.502. The van der Waals surface area contributed by atoms with Gasteiger partial charge in [0.25, 0.3) is 5.91 Å². The number of benzene rings is 2. The highest BCUT2D eigenvalue weighted by molar-refractivity contribution is 6.01. The fourth-order valence-electron chi connectivity index (χ4n) is 4.23. The molecular weight excluding hydrogens is 432 g/mol. The third-order valence-electron chi connectivity index (χ3n) is 6.12. The maximum Gasteiger partial charge on any atom is 0.252 e. The normalized spacial score (nSPS) is 12.7. The molecule has 0 saturated heterocycles. The summed E-state index contributed by atoms with van der Waals surface area (Å²) in [6.07, 6.45) is 6.04. The largest absolute Gasteiger partial charge is 0.492 e. The van der Waals surface area contributed by atoms with Crippen molar-refractivity contribution < 1.29 is 23.7 Å². The molecule has 1 amide bonds.